The molecule has 0 saturated heterocycles. The van der Waals surface area contributed by atoms with Gasteiger partial charge in [-0.1, -0.05) is 12.1 Å². The molecule has 0 aliphatic carbocycles. The van der Waals surface area contributed by atoms with Gasteiger partial charge in [-0.3, -0.25) is 4.99 Å². The Bertz CT molecular complexity index is 697. The van der Waals surface area contributed by atoms with Crippen LogP contribution in [0.25, 0.3) is 0 Å². The van der Waals surface area contributed by atoms with Gasteiger partial charge >= 0.3 is 0 Å². The van der Waals surface area contributed by atoms with Crippen LogP contribution in [0.1, 0.15) is 43.1 Å². The molecule has 2 aromatic rings. The fourth-order valence-electron chi connectivity index (χ4n) is 2.41. The summed E-state index contributed by atoms with van der Waals surface area (Å²) in [5.74, 6) is 3.06. The van der Waals surface area contributed by atoms with E-state index in [0.717, 1.165) is 23.6 Å². The topological polar surface area (TPSA) is 79.0 Å². The third kappa shape index (κ3) is 5.53. The van der Waals surface area contributed by atoms with E-state index in [9.17, 15) is 5.11 Å². The molecule has 0 aliphatic rings. The second-order valence-electron chi connectivity index (χ2n) is 5.83. The molecule has 25 heavy (non-hydrogen) atoms. The lowest BCUT2D eigenvalue weighted by Gasteiger charge is -2.17. The summed E-state index contributed by atoms with van der Waals surface area (Å²) in [5.41, 5.74) is 0.772. The van der Waals surface area contributed by atoms with Crippen LogP contribution < -0.4 is 15.4 Å². The molecule has 0 bridgehead atoms. The number of aryl methyl sites for hydroxylation is 1. The van der Waals surface area contributed by atoms with Crippen molar-refractivity contribution < 1.29 is 14.3 Å². The summed E-state index contributed by atoms with van der Waals surface area (Å²) in [6.07, 6.45) is -0.702. The van der Waals surface area contributed by atoms with Gasteiger partial charge < -0.3 is 24.9 Å². The molecular weight excluding hydrogens is 318 g/mol. The van der Waals surface area contributed by atoms with E-state index in [4.69, 9.17) is 9.15 Å². The molecule has 2 atom stereocenters. The van der Waals surface area contributed by atoms with Crippen LogP contribution in [0.4, 0.5) is 0 Å². The average molecular weight is 345 g/mol. The third-order valence-electron chi connectivity index (χ3n) is 3.79. The lowest BCUT2D eigenvalue weighted by molar-refractivity contribution is 0.186. The Balaban J connectivity index is 2.02. The Labute approximate surface area is 148 Å². The Morgan fingerprint density at radius 3 is 2.76 bits per heavy atom. The summed E-state index contributed by atoms with van der Waals surface area (Å²) in [7, 11) is 1.61. The number of nitrogens with one attached hydrogen (secondary N) is 2. The quantitative estimate of drug-likeness (QED) is 0.531. The van der Waals surface area contributed by atoms with Crippen molar-refractivity contribution in [3.8, 4) is 5.75 Å². The van der Waals surface area contributed by atoms with Crippen molar-refractivity contribution in [1.29, 1.82) is 0 Å². The molecule has 0 amide bonds. The molecule has 0 spiro atoms. The smallest absolute Gasteiger partial charge is 0.191 e. The maximum atomic E-state index is 10.4. The highest BCUT2D eigenvalue weighted by molar-refractivity contribution is 5.80. The number of methoxy groups -OCH3 is 1. The van der Waals surface area contributed by atoms with Gasteiger partial charge in [-0.05, 0) is 50.6 Å². The number of furan rings is 1. The molecule has 2 rings (SSSR count). The van der Waals surface area contributed by atoms with Crippen molar-refractivity contribution in [3.05, 3.63) is 53.5 Å². The first kappa shape index (κ1) is 18.9. The Hall–Kier alpha value is -2.47. The van der Waals surface area contributed by atoms with Crippen LogP contribution in [0.15, 0.2) is 45.8 Å². The molecule has 3 N–H and O–H groups in total. The summed E-state index contributed by atoms with van der Waals surface area (Å²) in [6.45, 7) is 6.89. The Kier molecular flexibility index (Phi) is 6.89. The number of aliphatic hydroxyl groups excluding tert-OH is 1. The summed E-state index contributed by atoms with van der Waals surface area (Å²) in [5, 5.41) is 16.8. The largest absolute Gasteiger partial charge is 0.497 e. The Morgan fingerprint density at radius 1 is 1.32 bits per heavy atom. The number of aliphatic hydroxyl groups is 1. The van der Waals surface area contributed by atoms with Gasteiger partial charge in [-0.25, -0.2) is 0 Å². The van der Waals surface area contributed by atoms with Crippen molar-refractivity contribution in [2.24, 2.45) is 4.99 Å². The second-order valence-corrected chi connectivity index (χ2v) is 5.83. The number of hydrogen-bond donors (Lipinski definition) is 3. The second kappa shape index (κ2) is 9.13. The van der Waals surface area contributed by atoms with Crippen LogP contribution in [0, 0.1) is 6.92 Å². The molecule has 1 aromatic carbocycles. The number of ether oxygens (including phenoxy) is 1. The predicted octanol–water partition coefficient (Wildman–Crippen LogP) is 2.95. The fraction of sp³-hybridized carbons (Fsp3) is 0.421. The predicted molar refractivity (Wildman–Crippen MR) is 98.9 cm³/mol. The van der Waals surface area contributed by atoms with E-state index < -0.39 is 6.10 Å². The highest BCUT2D eigenvalue weighted by atomic mass is 16.5. The van der Waals surface area contributed by atoms with Gasteiger partial charge in [-0.2, -0.15) is 0 Å². The molecule has 0 fully saturated rings. The lowest BCUT2D eigenvalue weighted by Crippen LogP contribution is -2.39. The molecular formula is C19H27N3O3. The highest BCUT2D eigenvalue weighted by Crippen LogP contribution is 2.19. The van der Waals surface area contributed by atoms with Crippen molar-refractivity contribution >= 4 is 5.96 Å². The maximum Gasteiger partial charge on any atom is 0.191 e. The van der Waals surface area contributed by atoms with Crippen LogP contribution in [0.2, 0.25) is 0 Å². The first-order chi connectivity index (χ1) is 12.0. The molecule has 6 nitrogen and oxygen atoms in total. The lowest BCUT2D eigenvalue weighted by atomic mass is 10.1. The first-order valence-corrected chi connectivity index (χ1v) is 8.46. The van der Waals surface area contributed by atoms with Gasteiger partial charge in [0.2, 0.25) is 0 Å². The van der Waals surface area contributed by atoms with Crippen LogP contribution in [0.3, 0.4) is 0 Å². The summed E-state index contributed by atoms with van der Waals surface area (Å²) >= 11 is 0. The molecule has 0 radical (unpaired) electrons. The van der Waals surface area contributed by atoms with Crippen molar-refractivity contribution in [3.63, 3.8) is 0 Å². The zero-order valence-electron chi connectivity index (χ0n) is 15.2. The minimum absolute atomic E-state index is 0.0273. The van der Waals surface area contributed by atoms with Crippen LogP contribution in [-0.4, -0.2) is 31.3 Å². The normalized spacial score (nSPS) is 14.0. The number of rotatable bonds is 7. The number of benzene rings is 1. The van der Waals surface area contributed by atoms with Gasteiger partial charge in [0.1, 0.15) is 17.3 Å². The molecule has 0 aliphatic heterocycles. The van der Waals surface area contributed by atoms with Crippen molar-refractivity contribution in [1.82, 2.24) is 10.6 Å². The highest BCUT2D eigenvalue weighted by Gasteiger charge is 2.13. The van der Waals surface area contributed by atoms with E-state index >= 15 is 0 Å². The summed E-state index contributed by atoms with van der Waals surface area (Å²) in [4.78, 5) is 4.48. The zero-order chi connectivity index (χ0) is 18.2. The maximum absolute atomic E-state index is 10.4. The van der Waals surface area contributed by atoms with Gasteiger partial charge in [-0.15, -0.1) is 0 Å². The number of aliphatic imine (C=N–C) groups is 1. The van der Waals surface area contributed by atoms with Gasteiger partial charge in [0.05, 0.1) is 25.8 Å². The minimum atomic E-state index is -0.702. The monoisotopic (exact) mass is 345 g/mol. The summed E-state index contributed by atoms with van der Waals surface area (Å²) in [6, 6.07) is 11.2. The number of nitrogens with zero attached hydrogens (tertiary/aromatic N) is 1. The molecule has 1 aromatic heterocycles. The van der Waals surface area contributed by atoms with E-state index in [1.165, 1.54) is 0 Å². The molecule has 1 heterocycles. The first-order valence-electron chi connectivity index (χ1n) is 8.46. The Morgan fingerprint density at radius 2 is 2.12 bits per heavy atom. The van der Waals surface area contributed by atoms with Crippen molar-refractivity contribution in [2.75, 3.05) is 20.2 Å². The average Bonchev–Trinajstić information content (AvgIpc) is 3.06. The minimum Gasteiger partial charge on any atom is -0.497 e. The van der Waals surface area contributed by atoms with E-state index in [2.05, 4.69) is 15.6 Å². The zero-order valence-corrected chi connectivity index (χ0v) is 15.2. The van der Waals surface area contributed by atoms with E-state index in [-0.39, 0.29) is 12.6 Å². The summed E-state index contributed by atoms with van der Waals surface area (Å²) < 4.78 is 10.8. The number of hydrogen-bond acceptors (Lipinski definition) is 4. The van der Waals surface area contributed by atoms with Crippen LogP contribution in [0.5, 0.6) is 5.75 Å². The number of guanidine groups is 1. The third-order valence-corrected chi connectivity index (χ3v) is 3.79. The van der Waals surface area contributed by atoms with E-state index in [0.29, 0.717) is 11.7 Å². The molecule has 2 unspecified atom stereocenters. The van der Waals surface area contributed by atoms with E-state index in [1.54, 1.807) is 7.11 Å². The standard InChI is InChI=1S/C19H27N3O3/c1-5-20-19(22-14(3)18-10-9-13(2)25-18)21-12-17(23)15-7-6-8-16(11-15)24-4/h6-11,14,17,23H,5,12H2,1-4H3,(H2,20,21,22). The fourth-order valence-corrected chi connectivity index (χ4v) is 2.41. The molecule has 0 saturated carbocycles. The van der Waals surface area contributed by atoms with E-state index in [1.807, 2.05) is 57.2 Å². The molecule has 6 heteroatoms. The van der Waals surface area contributed by atoms with Gasteiger partial charge in [0.25, 0.3) is 0 Å². The SMILES string of the molecule is CCNC(=NCC(O)c1cccc(OC)c1)NC(C)c1ccc(C)o1. The molecule has 136 valence electrons. The van der Waals surface area contributed by atoms with Gasteiger partial charge in [0.15, 0.2) is 5.96 Å². The van der Waals surface area contributed by atoms with Crippen LogP contribution >= 0.6 is 0 Å². The van der Waals surface area contributed by atoms with Crippen molar-refractivity contribution in [2.45, 2.75) is 32.9 Å². The van der Waals surface area contributed by atoms with Crippen LogP contribution in [-0.2, 0) is 0 Å². The van der Waals surface area contributed by atoms with Gasteiger partial charge in [0, 0.05) is 6.54 Å².